The first kappa shape index (κ1) is 14.2. The summed E-state index contributed by atoms with van der Waals surface area (Å²) in [7, 11) is -1.28. The predicted octanol–water partition coefficient (Wildman–Crippen LogP) is 1.98. The fraction of sp³-hybridized carbons (Fsp3) is 0.538. The summed E-state index contributed by atoms with van der Waals surface area (Å²) in [5, 5.41) is 3.11. The molecule has 1 N–H and O–H groups in total. The van der Waals surface area contributed by atoms with Gasteiger partial charge >= 0.3 is 0 Å². The Morgan fingerprint density at radius 1 is 1.24 bits per heavy atom. The highest BCUT2D eigenvalue weighted by molar-refractivity contribution is 7.91. The van der Waals surface area contributed by atoms with Gasteiger partial charge < -0.3 is 5.32 Å². The molecule has 0 aliphatic rings. The van der Waals surface area contributed by atoms with Crippen LogP contribution in [0.5, 0.6) is 0 Å². The van der Waals surface area contributed by atoms with E-state index < -0.39 is 9.84 Å². The van der Waals surface area contributed by atoms with E-state index in [0.29, 0.717) is 4.90 Å². The Kier molecular flexibility index (Phi) is 4.33. The lowest BCUT2D eigenvalue weighted by molar-refractivity contribution is 0.483. The summed E-state index contributed by atoms with van der Waals surface area (Å²) in [6, 6.07) is 7.27. The average Bonchev–Trinajstić information content (AvgIpc) is 2.29. The summed E-state index contributed by atoms with van der Waals surface area (Å²) in [4.78, 5) is 0.461. The minimum Gasteiger partial charge on any atom is -0.319 e. The molecule has 0 spiro atoms. The lowest BCUT2D eigenvalue weighted by Crippen LogP contribution is -2.32. The molecular weight excluding hydrogens is 234 g/mol. The van der Waals surface area contributed by atoms with Crippen molar-refractivity contribution in [2.45, 2.75) is 31.1 Å². The molecule has 1 aromatic rings. The second-order valence-corrected chi connectivity index (χ2v) is 7.06. The monoisotopic (exact) mass is 255 g/mol. The van der Waals surface area contributed by atoms with Gasteiger partial charge in [-0.05, 0) is 18.7 Å². The minimum absolute atomic E-state index is 0.139. The van der Waals surface area contributed by atoms with Crippen LogP contribution in [0.15, 0.2) is 29.2 Å². The summed E-state index contributed by atoms with van der Waals surface area (Å²) in [5.41, 5.74) is 0.685. The third kappa shape index (κ3) is 3.07. The van der Waals surface area contributed by atoms with Crippen molar-refractivity contribution < 1.29 is 8.42 Å². The number of benzene rings is 1. The third-order valence-electron chi connectivity index (χ3n) is 2.95. The van der Waals surface area contributed by atoms with Crippen molar-refractivity contribution in [3.8, 4) is 0 Å². The molecule has 0 aromatic heterocycles. The van der Waals surface area contributed by atoms with Gasteiger partial charge in [-0.1, -0.05) is 39.0 Å². The molecule has 0 aliphatic carbocycles. The molecule has 96 valence electrons. The topological polar surface area (TPSA) is 46.2 Å². The molecule has 0 unspecified atom stereocenters. The van der Waals surface area contributed by atoms with Crippen LogP contribution in [0.4, 0.5) is 0 Å². The predicted molar refractivity (Wildman–Crippen MR) is 71.1 cm³/mol. The van der Waals surface area contributed by atoms with E-state index in [4.69, 9.17) is 0 Å². The van der Waals surface area contributed by atoms with E-state index >= 15 is 0 Å². The zero-order valence-corrected chi connectivity index (χ0v) is 11.8. The van der Waals surface area contributed by atoms with Gasteiger partial charge in [-0.2, -0.15) is 0 Å². The number of hydrogen-bond donors (Lipinski definition) is 1. The van der Waals surface area contributed by atoms with Crippen LogP contribution in [0.3, 0.4) is 0 Å². The maximum atomic E-state index is 12.1. The molecule has 1 aromatic carbocycles. The first-order valence-electron chi connectivity index (χ1n) is 5.82. The van der Waals surface area contributed by atoms with E-state index in [2.05, 4.69) is 5.32 Å². The molecule has 0 aliphatic heterocycles. The van der Waals surface area contributed by atoms with Gasteiger partial charge in [-0.15, -0.1) is 0 Å². The van der Waals surface area contributed by atoms with Crippen molar-refractivity contribution in [1.29, 1.82) is 0 Å². The quantitative estimate of drug-likeness (QED) is 0.875. The summed E-state index contributed by atoms with van der Waals surface area (Å²) in [6.45, 7) is 6.52. The molecule has 3 nitrogen and oxygen atoms in total. The summed E-state index contributed by atoms with van der Waals surface area (Å²) in [5.74, 6) is 0.139. The highest BCUT2D eigenvalue weighted by atomic mass is 32.2. The molecule has 0 saturated heterocycles. The van der Waals surface area contributed by atoms with Crippen molar-refractivity contribution in [3.05, 3.63) is 29.8 Å². The molecule has 0 fully saturated rings. The Labute approximate surface area is 104 Å². The van der Waals surface area contributed by atoms with Crippen LogP contribution in [0.2, 0.25) is 0 Å². The van der Waals surface area contributed by atoms with Crippen molar-refractivity contribution in [1.82, 2.24) is 5.32 Å². The van der Waals surface area contributed by atoms with E-state index in [0.717, 1.165) is 12.1 Å². The standard InChI is InChI=1S/C13H21NO2S/c1-5-17(15,16)12-9-7-6-8-11(12)13(2,3)10-14-4/h6-9,14H,5,10H2,1-4H3. The molecule has 0 heterocycles. The Hall–Kier alpha value is -0.870. The molecule has 0 amide bonds. The van der Waals surface area contributed by atoms with Crippen LogP contribution in [0.25, 0.3) is 0 Å². The van der Waals surface area contributed by atoms with Gasteiger partial charge in [0.1, 0.15) is 0 Å². The van der Waals surface area contributed by atoms with Crippen LogP contribution < -0.4 is 5.32 Å². The third-order valence-corrected chi connectivity index (χ3v) is 4.74. The first-order valence-corrected chi connectivity index (χ1v) is 7.47. The van der Waals surface area contributed by atoms with Crippen LogP contribution in [-0.2, 0) is 15.3 Å². The second kappa shape index (κ2) is 5.19. The highest BCUT2D eigenvalue weighted by Gasteiger charge is 2.27. The number of nitrogens with one attached hydrogen (secondary N) is 1. The zero-order chi connectivity index (χ0) is 13.1. The van der Waals surface area contributed by atoms with Crippen LogP contribution in [-0.4, -0.2) is 27.8 Å². The van der Waals surface area contributed by atoms with E-state index in [9.17, 15) is 8.42 Å². The number of hydrogen-bond acceptors (Lipinski definition) is 3. The van der Waals surface area contributed by atoms with Crippen molar-refractivity contribution in [3.63, 3.8) is 0 Å². The minimum atomic E-state index is -3.16. The zero-order valence-electron chi connectivity index (χ0n) is 10.9. The number of likely N-dealkylation sites (N-methyl/N-ethyl adjacent to an activating group) is 1. The first-order chi connectivity index (χ1) is 7.85. The Morgan fingerprint density at radius 2 is 1.82 bits per heavy atom. The Balaban J connectivity index is 3.36. The fourth-order valence-electron chi connectivity index (χ4n) is 1.99. The van der Waals surface area contributed by atoms with Gasteiger partial charge in [0.05, 0.1) is 10.6 Å². The van der Waals surface area contributed by atoms with Crippen molar-refractivity contribution >= 4 is 9.84 Å². The normalized spacial score (nSPS) is 12.7. The van der Waals surface area contributed by atoms with Crippen LogP contribution in [0.1, 0.15) is 26.3 Å². The van der Waals surface area contributed by atoms with Crippen LogP contribution in [0, 0.1) is 0 Å². The molecular formula is C13H21NO2S. The molecule has 0 atom stereocenters. The summed E-state index contributed by atoms with van der Waals surface area (Å²) < 4.78 is 24.1. The van der Waals surface area contributed by atoms with Gasteiger partial charge in [0.15, 0.2) is 9.84 Å². The van der Waals surface area contributed by atoms with E-state index in [1.807, 2.05) is 33.0 Å². The molecule has 17 heavy (non-hydrogen) atoms. The summed E-state index contributed by atoms with van der Waals surface area (Å²) in [6.07, 6.45) is 0. The Morgan fingerprint density at radius 3 is 2.35 bits per heavy atom. The number of rotatable bonds is 5. The van der Waals surface area contributed by atoms with E-state index in [1.165, 1.54) is 0 Å². The SMILES string of the molecule is CCS(=O)(=O)c1ccccc1C(C)(C)CNC. The largest absolute Gasteiger partial charge is 0.319 e. The second-order valence-electron chi connectivity index (χ2n) is 4.81. The maximum Gasteiger partial charge on any atom is 0.178 e. The van der Waals surface area contributed by atoms with Gasteiger partial charge in [0.25, 0.3) is 0 Å². The molecule has 1 rings (SSSR count). The molecule has 0 saturated carbocycles. The number of sulfone groups is 1. The van der Waals surface area contributed by atoms with E-state index in [-0.39, 0.29) is 11.2 Å². The van der Waals surface area contributed by atoms with Gasteiger partial charge in [-0.25, -0.2) is 8.42 Å². The lowest BCUT2D eigenvalue weighted by Gasteiger charge is -2.27. The van der Waals surface area contributed by atoms with Crippen molar-refractivity contribution in [2.24, 2.45) is 0 Å². The Bertz CT molecular complexity index is 478. The fourth-order valence-corrected chi connectivity index (χ4v) is 3.27. The lowest BCUT2D eigenvalue weighted by atomic mass is 9.84. The average molecular weight is 255 g/mol. The van der Waals surface area contributed by atoms with Crippen LogP contribution >= 0.6 is 0 Å². The molecule has 0 radical (unpaired) electrons. The smallest absolute Gasteiger partial charge is 0.178 e. The highest BCUT2D eigenvalue weighted by Crippen LogP contribution is 2.29. The van der Waals surface area contributed by atoms with Crippen molar-refractivity contribution in [2.75, 3.05) is 19.3 Å². The molecule has 4 heteroatoms. The maximum absolute atomic E-state index is 12.1. The summed E-state index contributed by atoms with van der Waals surface area (Å²) >= 11 is 0. The van der Waals surface area contributed by atoms with Gasteiger partial charge in [0.2, 0.25) is 0 Å². The van der Waals surface area contributed by atoms with Gasteiger partial charge in [-0.3, -0.25) is 0 Å². The van der Waals surface area contributed by atoms with Gasteiger partial charge in [0, 0.05) is 12.0 Å². The molecule has 0 bridgehead atoms. The van der Waals surface area contributed by atoms with E-state index in [1.54, 1.807) is 19.1 Å².